The number of imidazole rings is 1. The fourth-order valence-corrected chi connectivity index (χ4v) is 2.31. The van der Waals surface area contributed by atoms with Crippen molar-refractivity contribution in [1.82, 2.24) is 14.9 Å². The highest BCUT2D eigenvalue weighted by Crippen LogP contribution is 1.99. The van der Waals surface area contributed by atoms with E-state index in [-0.39, 0.29) is 11.0 Å². The molecule has 0 saturated heterocycles. The van der Waals surface area contributed by atoms with Crippen molar-refractivity contribution in [2.75, 3.05) is 18.8 Å². The minimum atomic E-state index is -2.92. The van der Waals surface area contributed by atoms with E-state index in [1.807, 2.05) is 17.8 Å². The zero-order chi connectivity index (χ0) is 12.9. The molecule has 1 N–H and O–H groups in total. The van der Waals surface area contributed by atoms with Gasteiger partial charge in [0.2, 0.25) is 0 Å². The topological polar surface area (TPSA) is 64.0 Å². The number of nitrogens with zero attached hydrogens (tertiary/aromatic N) is 2. The van der Waals surface area contributed by atoms with Crippen molar-refractivity contribution >= 4 is 9.84 Å². The highest BCUT2D eigenvalue weighted by atomic mass is 32.2. The van der Waals surface area contributed by atoms with Gasteiger partial charge in [-0.25, -0.2) is 13.4 Å². The molecule has 1 aromatic rings. The van der Waals surface area contributed by atoms with Crippen LogP contribution in [0.25, 0.3) is 0 Å². The van der Waals surface area contributed by atoms with E-state index in [9.17, 15) is 8.42 Å². The number of nitrogens with one attached hydrogen (secondary N) is 1. The first kappa shape index (κ1) is 14.2. The maximum Gasteiger partial charge on any atom is 0.153 e. The van der Waals surface area contributed by atoms with Gasteiger partial charge in [0.25, 0.3) is 0 Å². The number of sulfone groups is 1. The first-order chi connectivity index (χ1) is 7.93. The van der Waals surface area contributed by atoms with Gasteiger partial charge < -0.3 is 9.88 Å². The first-order valence-corrected chi connectivity index (χ1v) is 7.53. The van der Waals surface area contributed by atoms with Crippen molar-refractivity contribution in [1.29, 1.82) is 0 Å². The standard InChI is InChI=1S/C11H21N3O2S/c1-10(2)17(15,16)9-7-12-5-4-11-13-6-8-14(11)3/h6,8,10,12H,4-5,7,9H2,1-3H3. The molecule has 1 rings (SSSR count). The lowest BCUT2D eigenvalue weighted by molar-refractivity contribution is 0.581. The molecular weight excluding hydrogens is 238 g/mol. The Balaban J connectivity index is 2.20. The van der Waals surface area contributed by atoms with Gasteiger partial charge in [-0.3, -0.25) is 0 Å². The fraction of sp³-hybridized carbons (Fsp3) is 0.727. The molecule has 98 valence electrons. The average Bonchev–Trinajstić information content (AvgIpc) is 2.63. The van der Waals surface area contributed by atoms with E-state index in [2.05, 4.69) is 10.3 Å². The average molecular weight is 259 g/mol. The van der Waals surface area contributed by atoms with E-state index < -0.39 is 9.84 Å². The predicted octanol–water partition coefficient (Wildman–Crippen LogP) is 0.375. The van der Waals surface area contributed by atoms with Crippen LogP contribution in [0.4, 0.5) is 0 Å². The summed E-state index contributed by atoms with van der Waals surface area (Å²) in [6.45, 7) is 4.68. The Bertz CT molecular complexity index is 437. The highest BCUT2D eigenvalue weighted by Gasteiger charge is 2.14. The summed E-state index contributed by atoms with van der Waals surface area (Å²) in [6.07, 6.45) is 4.47. The Labute approximate surface area is 103 Å². The molecule has 0 aliphatic carbocycles. The van der Waals surface area contributed by atoms with Gasteiger partial charge in [-0.2, -0.15) is 0 Å². The summed E-state index contributed by atoms with van der Waals surface area (Å²) in [4.78, 5) is 4.20. The third kappa shape index (κ3) is 4.47. The summed E-state index contributed by atoms with van der Waals surface area (Å²) in [5, 5.41) is 2.84. The van der Waals surface area contributed by atoms with Gasteiger partial charge in [0.1, 0.15) is 5.82 Å². The fourth-order valence-electron chi connectivity index (χ4n) is 1.41. The Hall–Kier alpha value is -0.880. The van der Waals surface area contributed by atoms with E-state index >= 15 is 0 Å². The van der Waals surface area contributed by atoms with Crippen LogP contribution >= 0.6 is 0 Å². The molecule has 0 radical (unpaired) electrons. The zero-order valence-corrected chi connectivity index (χ0v) is 11.5. The molecule has 0 saturated carbocycles. The zero-order valence-electron chi connectivity index (χ0n) is 10.7. The second-order valence-corrected chi connectivity index (χ2v) is 7.05. The summed E-state index contributed by atoms with van der Waals surface area (Å²) in [5.74, 6) is 1.20. The maximum absolute atomic E-state index is 11.5. The molecule has 17 heavy (non-hydrogen) atoms. The van der Waals surface area contributed by atoms with Gasteiger partial charge in [-0.1, -0.05) is 0 Å². The van der Waals surface area contributed by atoms with Crippen LogP contribution in [0, 0.1) is 0 Å². The molecule has 0 aromatic carbocycles. The van der Waals surface area contributed by atoms with Crippen LogP contribution in [0.3, 0.4) is 0 Å². The van der Waals surface area contributed by atoms with Crippen LogP contribution in [-0.2, 0) is 23.3 Å². The first-order valence-electron chi connectivity index (χ1n) is 5.82. The summed E-state index contributed by atoms with van der Waals surface area (Å²) in [6, 6.07) is 0. The Kier molecular flexibility index (Phi) is 5.14. The molecule has 6 heteroatoms. The summed E-state index contributed by atoms with van der Waals surface area (Å²) >= 11 is 0. The molecule has 1 heterocycles. The number of hydrogen-bond acceptors (Lipinski definition) is 4. The number of aromatic nitrogens is 2. The quantitative estimate of drug-likeness (QED) is 0.719. The minimum absolute atomic E-state index is 0.200. The molecule has 1 aromatic heterocycles. The highest BCUT2D eigenvalue weighted by molar-refractivity contribution is 7.92. The van der Waals surface area contributed by atoms with Gasteiger partial charge in [0.05, 0.1) is 11.0 Å². The maximum atomic E-state index is 11.5. The third-order valence-electron chi connectivity index (χ3n) is 2.73. The van der Waals surface area contributed by atoms with Crippen molar-refractivity contribution in [3.8, 4) is 0 Å². The normalized spacial score (nSPS) is 12.2. The molecular formula is C11H21N3O2S. The van der Waals surface area contributed by atoms with Gasteiger partial charge in [0.15, 0.2) is 9.84 Å². The molecule has 0 atom stereocenters. The SMILES string of the molecule is CC(C)S(=O)(=O)CCNCCc1nccn1C. The van der Waals surface area contributed by atoms with Crippen molar-refractivity contribution in [3.63, 3.8) is 0 Å². The van der Waals surface area contributed by atoms with Crippen molar-refractivity contribution < 1.29 is 8.42 Å². The third-order valence-corrected chi connectivity index (χ3v) is 4.94. The predicted molar refractivity (Wildman–Crippen MR) is 68.7 cm³/mol. The number of aryl methyl sites for hydroxylation is 1. The summed E-state index contributed by atoms with van der Waals surface area (Å²) in [7, 11) is -0.974. The molecule has 0 unspecified atom stereocenters. The molecule has 0 aliphatic heterocycles. The lowest BCUT2D eigenvalue weighted by atomic mass is 10.4. The van der Waals surface area contributed by atoms with Crippen LogP contribution in [0.5, 0.6) is 0 Å². The largest absolute Gasteiger partial charge is 0.338 e. The molecule has 0 fully saturated rings. The van der Waals surface area contributed by atoms with Crippen molar-refractivity contribution in [3.05, 3.63) is 18.2 Å². The van der Waals surface area contributed by atoms with Crippen LogP contribution in [0.2, 0.25) is 0 Å². The molecule has 0 aliphatic rings. The Morgan fingerprint density at radius 2 is 2.12 bits per heavy atom. The summed E-state index contributed by atoms with van der Waals surface area (Å²) in [5.41, 5.74) is 0. The van der Waals surface area contributed by atoms with Crippen molar-refractivity contribution in [2.45, 2.75) is 25.5 Å². The smallest absolute Gasteiger partial charge is 0.153 e. The van der Waals surface area contributed by atoms with Gasteiger partial charge in [-0.05, 0) is 13.8 Å². The molecule has 5 nitrogen and oxygen atoms in total. The van der Waals surface area contributed by atoms with E-state index in [0.717, 1.165) is 18.8 Å². The monoisotopic (exact) mass is 259 g/mol. The second kappa shape index (κ2) is 6.16. The van der Waals surface area contributed by atoms with Gasteiger partial charge in [-0.15, -0.1) is 0 Å². The molecule has 0 amide bonds. The van der Waals surface area contributed by atoms with E-state index in [1.165, 1.54) is 0 Å². The van der Waals surface area contributed by atoms with E-state index in [4.69, 9.17) is 0 Å². The lowest BCUT2D eigenvalue weighted by Crippen LogP contribution is -2.28. The molecule has 0 spiro atoms. The van der Waals surface area contributed by atoms with E-state index in [1.54, 1.807) is 20.0 Å². The number of hydrogen-bond donors (Lipinski definition) is 1. The van der Waals surface area contributed by atoms with Crippen LogP contribution in [-0.4, -0.2) is 42.1 Å². The van der Waals surface area contributed by atoms with Crippen molar-refractivity contribution in [2.24, 2.45) is 7.05 Å². The van der Waals surface area contributed by atoms with Crippen LogP contribution in [0.1, 0.15) is 19.7 Å². The summed E-state index contributed by atoms with van der Waals surface area (Å²) < 4.78 is 25.0. The second-order valence-electron chi connectivity index (χ2n) is 4.37. The van der Waals surface area contributed by atoms with Gasteiger partial charge in [0, 0.05) is 39.0 Å². The molecule has 0 bridgehead atoms. The number of rotatable bonds is 7. The van der Waals surface area contributed by atoms with E-state index in [0.29, 0.717) is 6.54 Å². The van der Waals surface area contributed by atoms with Crippen LogP contribution < -0.4 is 5.32 Å². The Morgan fingerprint density at radius 3 is 2.65 bits per heavy atom. The lowest BCUT2D eigenvalue weighted by Gasteiger charge is -2.08. The van der Waals surface area contributed by atoms with Crippen LogP contribution in [0.15, 0.2) is 12.4 Å². The Morgan fingerprint density at radius 1 is 1.41 bits per heavy atom. The minimum Gasteiger partial charge on any atom is -0.338 e. The van der Waals surface area contributed by atoms with Gasteiger partial charge >= 0.3 is 0 Å².